The molecule has 1 unspecified atom stereocenters. The predicted molar refractivity (Wildman–Crippen MR) is 117 cm³/mol. The van der Waals surface area contributed by atoms with Gasteiger partial charge in [0.25, 0.3) is 5.91 Å². The van der Waals surface area contributed by atoms with Crippen molar-refractivity contribution in [3.63, 3.8) is 0 Å². The van der Waals surface area contributed by atoms with Crippen LogP contribution in [0.25, 0.3) is 0 Å². The third kappa shape index (κ3) is 4.46. The molecule has 1 fully saturated rings. The van der Waals surface area contributed by atoms with Gasteiger partial charge in [-0.3, -0.25) is 9.59 Å². The molecular weight excluding hydrogens is 400 g/mol. The van der Waals surface area contributed by atoms with Crippen molar-refractivity contribution in [3.05, 3.63) is 64.2 Å². The summed E-state index contributed by atoms with van der Waals surface area (Å²) in [6.07, 6.45) is 4.23. The Hall–Kier alpha value is -2.53. The molecule has 2 aromatic carbocycles. The molecule has 0 radical (unpaired) electrons. The molecule has 1 saturated heterocycles. The van der Waals surface area contributed by atoms with E-state index in [-0.39, 0.29) is 23.8 Å². The fraction of sp³-hybridized carbons (Fsp3) is 0.417. The molecule has 1 N–H and O–H groups in total. The molecule has 0 saturated carbocycles. The highest BCUT2D eigenvalue weighted by Gasteiger charge is 2.30. The first-order chi connectivity index (χ1) is 14.5. The summed E-state index contributed by atoms with van der Waals surface area (Å²) in [4.78, 5) is 27.5. The highest BCUT2D eigenvalue weighted by atomic mass is 35.5. The topological polar surface area (TPSA) is 58.6 Å². The number of benzene rings is 2. The van der Waals surface area contributed by atoms with Crippen molar-refractivity contribution >= 4 is 23.4 Å². The minimum atomic E-state index is -0.0999. The zero-order valence-electron chi connectivity index (χ0n) is 17.2. The molecule has 4 rings (SSSR count). The Bertz CT molecular complexity index is 938. The van der Waals surface area contributed by atoms with Gasteiger partial charge in [-0.15, -0.1) is 0 Å². The van der Waals surface area contributed by atoms with Crippen LogP contribution < -0.4 is 10.1 Å². The number of hydrogen-bond donors (Lipinski definition) is 1. The summed E-state index contributed by atoms with van der Waals surface area (Å²) in [5, 5.41) is 3.75. The molecule has 1 heterocycles. The Morgan fingerprint density at radius 1 is 1.07 bits per heavy atom. The molecule has 1 aliphatic heterocycles. The number of likely N-dealkylation sites (tertiary alicyclic amines) is 1. The lowest BCUT2D eigenvalue weighted by Gasteiger charge is -2.33. The molecule has 0 aromatic heterocycles. The summed E-state index contributed by atoms with van der Waals surface area (Å²) in [5.41, 5.74) is 3.20. The van der Waals surface area contributed by atoms with E-state index in [1.54, 1.807) is 30.2 Å². The number of amides is 2. The molecule has 0 spiro atoms. The number of carbonyl (C=O) groups excluding carboxylic acids is 2. The first-order valence-electron chi connectivity index (χ1n) is 10.5. The van der Waals surface area contributed by atoms with Crippen LogP contribution in [0.4, 0.5) is 0 Å². The molecule has 0 bridgehead atoms. The predicted octanol–water partition coefficient (Wildman–Crippen LogP) is 3.87. The minimum Gasteiger partial charge on any atom is -0.496 e. The van der Waals surface area contributed by atoms with Gasteiger partial charge in [-0.2, -0.15) is 0 Å². The Kier molecular flexibility index (Phi) is 6.28. The standard InChI is InChI=1S/C24H27ClN2O3/c1-30-22-9-7-19(25)15-21(22)24(29)27-12-10-17(11-13-27)23(28)26-20-8-6-16-4-2-3-5-18(16)14-20/h2-5,7,9,15,17,20H,6,8,10-14H2,1H3,(H,26,28). The number of rotatable bonds is 4. The smallest absolute Gasteiger partial charge is 0.257 e. The van der Waals surface area contributed by atoms with Gasteiger partial charge in [-0.25, -0.2) is 0 Å². The van der Waals surface area contributed by atoms with Crippen molar-refractivity contribution in [2.75, 3.05) is 20.2 Å². The average Bonchev–Trinajstić information content (AvgIpc) is 2.78. The van der Waals surface area contributed by atoms with E-state index in [0.29, 0.717) is 42.3 Å². The highest BCUT2D eigenvalue weighted by Crippen LogP contribution is 2.27. The van der Waals surface area contributed by atoms with Gasteiger partial charge in [0.05, 0.1) is 12.7 Å². The van der Waals surface area contributed by atoms with Crippen LogP contribution in [0, 0.1) is 5.92 Å². The molecule has 1 atom stereocenters. The van der Waals surface area contributed by atoms with E-state index in [0.717, 1.165) is 19.3 Å². The van der Waals surface area contributed by atoms with Crippen molar-refractivity contribution in [1.29, 1.82) is 0 Å². The molecule has 30 heavy (non-hydrogen) atoms. The Morgan fingerprint density at radius 3 is 2.53 bits per heavy atom. The Morgan fingerprint density at radius 2 is 1.80 bits per heavy atom. The van der Waals surface area contributed by atoms with E-state index >= 15 is 0 Å². The number of nitrogens with zero attached hydrogens (tertiary/aromatic N) is 1. The molecule has 5 nitrogen and oxygen atoms in total. The van der Waals surface area contributed by atoms with E-state index in [9.17, 15) is 9.59 Å². The van der Waals surface area contributed by atoms with Crippen LogP contribution in [0.3, 0.4) is 0 Å². The van der Waals surface area contributed by atoms with Gasteiger partial charge < -0.3 is 15.0 Å². The Balaban J connectivity index is 1.32. The summed E-state index contributed by atoms with van der Waals surface area (Å²) >= 11 is 6.07. The van der Waals surface area contributed by atoms with E-state index in [1.165, 1.54) is 11.1 Å². The Labute approximate surface area is 182 Å². The maximum atomic E-state index is 12.9. The fourth-order valence-electron chi connectivity index (χ4n) is 4.50. The van der Waals surface area contributed by atoms with E-state index in [1.807, 2.05) is 0 Å². The second kappa shape index (κ2) is 9.09. The van der Waals surface area contributed by atoms with Crippen molar-refractivity contribution in [3.8, 4) is 5.75 Å². The zero-order valence-corrected chi connectivity index (χ0v) is 18.0. The van der Waals surface area contributed by atoms with Gasteiger partial charge in [0, 0.05) is 30.1 Å². The zero-order chi connectivity index (χ0) is 21.1. The lowest BCUT2D eigenvalue weighted by molar-refractivity contribution is -0.127. The van der Waals surface area contributed by atoms with Gasteiger partial charge in [0.15, 0.2) is 0 Å². The van der Waals surface area contributed by atoms with Crippen molar-refractivity contribution in [1.82, 2.24) is 10.2 Å². The van der Waals surface area contributed by atoms with Crippen molar-refractivity contribution < 1.29 is 14.3 Å². The maximum Gasteiger partial charge on any atom is 0.257 e. The van der Waals surface area contributed by atoms with Crippen LogP contribution in [0.1, 0.15) is 40.7 Å². The molecule has 6 heteroatoms. The molecular formula is C24H27ClN2O3. The summed E-state index contributed by atoms with van der Waals surface area (Å²) in [6.45, 7) is 1.11. The number of ether oxygens (including phenoxy) is 1. The number of carbonyl (C=O) groups is 2. The molecule has 2 amide bonds. The SMILES string of the molecule is COc1ccc(Cl)cc1C(=O)N1CCC(C(=O)NC2CCc3ccccc3C2)CC1. The van der Waals surface area contributed by atoms with Crippen LogP contribution in [0.2, 0.25) is 5.02 Å². The van der Waals surface area contributed by atoms with E-state index in [2.05, 4.69) is 29.6 Å². The second-order valence-corrected chi connectivity index (χ2v) is 8.56. The van der Waals surface area contributed by atoms with Crippen LogP contribution in [0.15, 0.2) is 42.5 Å². The number of aryl methyl sites for hydroxylation is 1. The first-order valence-corrected chi connectivity index (χ1v) is 10.9. The lowest BCUT2D eigenvalue weighted by Crippen LogP contribution is -2.46. The number of methoxy groups -OCH3 is 1. The summed E-state index contributed by atoms with van der Waals surface area (Å²) in [5.74, 6) is 0.484. The molecule has 2 aliphatic rings. The summed E-state index contributed by atoms with van der Waals surface area (Å²) in [7, 11) is 1.54. The van der Waals surface area contributed by atoms with Gasteiger partial charge in [0.1, 0.15) is 5.75 Å². The number of piperidine rings is 1. The van der Waals surface area contributed by atoms with Crippen LogP contribution in [-0.4, -0.2) is 43.0 Å². The van der Waals surface area contributed by atoms with Crippen LogP contribution in [-0.2, 0) is 17.6 Å². The van der Waals surface area contributed by atoms with Crippen molar-refractivity contribution in [2.45, 2.75) is 38.1 Å². The summed E-state index contributed by atoms with van der Waals surface area (Å²) in [6, 6.07) is 13.7. The van der Waals surface area contributed by atoms with Crippen molar-refractivity contribution in [2.24, 2.45) is 5.92 Å². The van der Waals surface area contributed by atoms with E-state index < -0.39 is 0 Å². The number of halogens is 1. The van der Waals surface area contributed by atoms with Gasteiger partial charge in [-0.05, 0) is 61.4 Å². The van der Waals surface area contributed by atoms with Gasteiger partial charge in [-0.1, -0.05) is 35.9 Å². The maximum absolute atomic E-state index is 12.9. The lowest BCUT2D eigenvalue weighted by atomic mass is 9.87. The monoisotopic (exact) mass is 426 g/mol. The summed E-state index contributed by atoms with van der Waals surface area (Å²) < 4.78 is 5.31. The fourth-order valence-corrected chi connectivity index (χ4v) is 4.67. The molecule has 158 valence electrons. The minimum absolute atomic E-state index is 0.0486. The normalized spacial score (nSPS) is 19.1. The van der Waals surface area contributed by atoms with Gasteiger partial charge in [0.2, 0.25) is 5.91 Å². The van der Waals surface area contributed by atoms with Crippen LogP contribution in [0.5, 0.6) is 5.75 Å². The second-order valence-electron chi connectivity index (χ2n) is 8.13. The molecule has 1 aliphatic carbocycles. The number of nitrogens with one attached hydrogen (secondary N) is 1. The van der Waals surface area contributed by atoms with Gasteiger partial charge >= 0.3 is 0 Å². The quantitative estimate of drug-likeness (QED) is 0.807. The highest BCUT2D eigenvalue weighted by molar-refractivity contribution is 6.31. The first kappa shape index (κ1) is 20.7. The molecule has 2 aromatic rings. The van der Waals surface area contributed by atoms with E-state index in [4.69, 9.17) is 16.3 Å². The third-order valence-corrected chi connectivity index (χ3v) is 6.47. The largest absolute Gasteiger partial charge is 0.496 e. The number of fused-ring (bicyclic) bond motifs is 1. The van der Waals surface area contributed by atoms with Crippen LogP contribution >= 0.6 is 11.6 Å². The average molecular weight is 427 g/mol. The number of hydrogen-bond acceptors (Lipinski definition) is 3. The third-order valence-electron chi connectivity index (χ3n) is 6.24.